The Morgan fingerprint density at radius 3 is 2.50 bits per heavy atom. The van der Waals surface area contributed by atoms with Crippen LogP contribution < -0.4 is 5.32 Å². The van der Waals surface area contributed by atoms with Crippen molar-refractivity contribution in [2.75, 3.05) is 13.6 Å². The third-order valence-electron chi connectivity index (χ3n) is 2.15. The average molecular weight is 189 g/mol. The van der Waals surface area contributed by atoms with E-state index in [0.717, 1.165) is 6.54 Å². The Bertz CT molecular complexity index is 272. The molecule has 0 fully saturated rings. The summed E-state index contributed by atoms with van der Waals surface area (Å²) in [5.74, 6) is 0. The Morgan fingerprint density at radius 2 is 1.93 bits per heavy atom. The Balaban J connectivity index is 2.54. The van der Waals surface area contributed by atoms with Crippen LogP contribution in [-0.4, -0.2) is 13.6 Å². The third kappa shape index (κ3) is 3.75. The van der Waals surface area contributed by atoms with Gasteiger partial charge in [0.25, 0.3) is 0 Å². The molecule has 1 N–H and O–H groups in total. The fourth-order valence-corrected chi connectivity index (χ4v) is 1.40. The predicted octanol–water partition coefficient (Wildman–Crippen LogP) is 2.87. The van der Waals surface area contributed by atoms with Gasteiger partial charge in [-0.15, -0.1) is 0 Å². The maximum absolute atomic E-state index is 3.08. The summed E-state index contributed by atoms with van der Waals surface area (Å²) < 4.78 is 0. The fourth-order valence-electron chi connectivity index (χ4n) is 1.40. The number of aryl methyl sites for hydroxylation is 1. The molecule has 1 rings (SSSR count). The molecule has 0 unspecified atom stereocenters. The van der Waals surface area contributed by atoms with E-state index in [2.05, 4.69) is 48.7 Å². The highest BCUT2D eigenvalue weighted by Crippen LogP contribution is 2.07. The summed E-state index contributed by atoms with van der Waals surface area (Å²) in [6, 6.07) is 8.78. The molecular weight excluding hydrogens is 170 g/mol. The van der Waals surface area contributed by atoms with Gasteiger partial charge in [0.05, 0.1) is 0 Å². The molecule has 0 saturated carbocycles. The summed E-state index contributed by atoms with van der Waals surface area (Å²) in [6.45, 7) is 3.14. The van der Waals surface area contributed by atoms with Gasteiger partial charge in [0.15, 0.2) is 0 Å². The van der Waals surface area contributed by atoms with E-state index < -0.39 is 0 Å². The van der Waals surface area contributed by atoms with E-state index in [4.69, 9.17) is 0 Å². The van der Waals surface area contributed by atoms with Crippen LogP contribution in [0.25, 0.3) is 6.08 Å². The number of likely N-dealkylation sites (N-methyl/N-ethyl adjacent to an activating group) is 1. The molecule has 1 heteroatoms. The lowest BCUT2D eigenvalue weighted by molar-refractivity contribution is 0.920. The largest absolute Gasteiger partial charge is 0.316 e. The topological polar surface area (TPSA) is 12.0 Å². The van der Waals surface area contributed by atoms with E-state index in [-0.39, 0.29) is 0 Å². The Kier molecular flexibility index (Phi) is 5.02. The maximum Gasteiger partial charge on any atom is 0.0135 e. The molecule has 0 aromatic heterocycles. The summed E-state index contributed by atoms with van der Waals surface area (Å²) in [4.78, 5) is 0. The van der Waals surface area contributed by atoms with Crippen molar-refractivity contribution in [3.8, 4) is 0 Å². The van der Waals surface area contributed by atoms with Crippen LogP contribution in [0.1, 0.15) is 24.5 Å². The molecule has 0 radical (unpaired) electrons. The Hall–Kier alpha value is -1.08. The summed E-state index contributed by atoms with van der Waals surface area (Å²) >= 11 is 0. The Labute approximate surface area is 86.8 Å². The van der Waals surface area contributed by atoms with E-state index >= 15 is 0 Å². The zero-order valence-corrected chi connectivity index (χ0v) is 9.09. The standard InChI is InChI=1S/C13H19N/c1-3-5-12-7-9-13(10-8-12)6-4-11-14-2/h4,6-10,14H,3,5,11H2,1-2H3. The van der Waals surface area contributed by atoms with Crippen molar-refractivity contribution in [1.29, 1.82) is 0 Å². The number of hydrogen-bond acceptors (Lipinski definition) is 1. The second-order valence-electron chi connectivity index (χ2n) is 3.45. The molecule has 0 bridgehead atoms. The lowest BCUT2D eigenvalue weighted by Gasteiger charge is -1.99. The van der Waals surface area contributed by atoms with E-state index in [9.17, 15) is 0 Å². The van der Waals surface area contributed by atoms with E-state index in [1.54, 1.807) is 0 Å². The lowest BCUT2D eigenvalue weighted by Crippen LogP contribution is -2.03. The number of rotatable bonds is 5. The first-order chi connectivity index (χ1) is 6.86. The normalized spacial score (nSPS) is 11.0. The highest BCUT2D eigenvalue weighted by atomic mass is 14.8. The minimum Gasteiger partial charge on any atom is -0.316 e. The number of benzene rings is 1. The third-order valence-corrected chi connectivity index (χ3v) is 2.15. The van der Waals surface area contributed by atoms with Crippen LogP contribution in [0.15, 0.2) is 30.3 Å². The zero-order valence-electron chi connectivity index (χ0n) is 9.09. The van der Waals surface area contributed by atoms with Gasteiger partial charge in [0.2, 0.25) is 0 Å². The van der Waals surface area contributed by atoms with Crippen LogP contribution in [-0.2, 0) is 6.42 Å². The molecule has 0 aliphatic rings. The van der Waals surface area contributed by atoms with E-state index in [0.29, 0.717) is 0 Å². The zero-order chi connectivity index (χ0) is 10.2. The van der Waals surface area contributed by atoms with Crippen LogP contribution in [0.4, 0.5) is 0 Å². The van der Waals surface area contributed by atoms with E-state index in [1.165, 1.54) is 24.0 Å². The summed E-state index contributed by atoms with van der Waals surface area (Å²) in [7, 11) is 1.95. The fraction of sp³-hybridized carbons (Fsp3) is 0.385. The van der Waals surface area contributed by atoms with Crippen molar-refractivity contribution >= 4 is 6.08 Å². The summed E-state index contributed by atoms with van der Waals surface area (Å²) in [5.41, 5.74) is 2.71. The molecule has 0 aliphatic heterocycles. The molecular formula is C13H19N. The van der Waals surface area contributed by atoms with Gasteiger partial charge in [-0.3, -0.25) is 0 Å². The molecule has 0 heterocycles. The van der Waals surface area contributed by atoms with Gasteiger partial charge < -0.3 is 5.32 Å². The van der Waals surface area contributed by atoms with Crippen LogP contribution in [0.2, 0.25) is 0 Å². The SMILES string of the molecule is CCCc1ccc(C=CCNC)cc1. The molecule has 1 aromatic carbocycles. The summed E-state index contributed by atoms with van der Waals surface area (Å²) in [6.07, 6.45) is 6.68. The highest BCUT2D eigenvalue weighted by Gasteiger charge is 1.90. The molecule has 0 saturated heterocycles. The average Bonchev–Trinajstić information content (AvgIpc) is 2.21. The van der Waals surface area contributed by atoms with Gasteiger partial charge in [0, 0.05) is 6.54 Å². The molecule has 76 valence electrons. The first-order valence-corrected chi connectivity index (χ1v) is 5.27. The molecule has 0 aliphatic carbocycles. The van der Waals surface area contributed by atoms with Gasteiger partial charge in [-0.2, -0.15) is 0 Å². The van der Waals surface area contributed by atoms with Gasteiger partial charge in [-0.1, -0.05) is 49.8 Å². The second-order valence-corrected chi connectivity index (χ2v) is 3.45. The van der Waals surface area contributed by atoms with Crippen LogP contribution >= 0.6 is 0 Å². The van der Waals surface area contributed by atoms with Gasteiger partial charge in [0.1, 0.15) is 0 Å². The van der Waals surface area contributed by atoms with Gasteiger partial charge in [-0.05, 0) is 24.6 Å². The first kappa shape index (κ1) is 11.0. The molecule has 0 spiro atoms. The van der Waals surface area contributed by atoms with Crippen molar-refractivity contribution in [2.45, 2.75) is 19.8 Å². The Morgan fingerprint density at radius 1 is 1.21 bits per heavy atom. The van der Waals surface area contributed by atoms with Crippen LogP contribution in [0, 0.1) is 0 Å². The van der Waals surface area contributed by atoms with Crippen molar-refractivity contribution in [2.24, 2.45) is 0 Å². The molecule has 0 amide bonds. The highest BCUT2D eigenvalue weighted by molar-refractivity contribution is 5.49. The van der Waals surface area contributed by atoms with Crippen molar-refractivity contribution < 1.29 is 0 Å². The number of nitrogens with one attached hydrogen (secondary N) is 1. The van der Waals surface area contributed by atoms with Crippen LogP contribution in [0.5, 0.6) is 0 Å². The van der Waals surface area contributed by atoms with Crippen molar-refractivity contribution in [1.82, 2.24) is 5.32 Å². The number of hydrogen-bond donors (Lipinski definition) is 1. The minimum atomic E-state index is 0.927. The molecule has 14 heavy (non-hydrogen) atoms. The lowest BCUT2D eigenvalue weighted by atomic mass is 10.1. The summed E-state index contributed by atoms with van der Waals surface area (Å²) in [5, 5.41) is 3.08. The van der Waals surface area contributed by atoms with E-state index in [1.807, 2.05) is 7.05 Å². The first-order valence-electron chi connectivity index (χ1n) is 5.27. The quantitative estimate of drug-likeness (QED) is 0.751. The predicted molar refractivity (Wildman–Crippen MR) is 63.4 cm³/mol. The monoisotopic (exact) mass is 189 g/mol. The molecule has 1 nitrogen and oxygen atoms in total. The molecule has 1 aromatic rings. The van der Waals surface area contributed by atoms with Gasteiger partial charge in [-0.25, -0.2) is 0 Å². The van der Waals surface area contributed by atoms with Gasteiger partial charge >= 0.3 is 0 Å². The maximum atomic E-state index is 3.08. The smallest absolute Gasteiger partial charge is 0.0135 e. The van der Waals surface area contributed by atoms with Crippen molar-refractivity contribution in [3.63, 3.8) is 0 Å². The molecule has 0 atom stereocenters. The minimum absolute atomic E-state index is 0.927. The second kappa shape index (κ2) is 6.39. The van der Waals surface area contributed by atoms with Crippen LogP contribution in [0.3, 0.4) is 0 Å². The van der Waals surface area contributed by atoms with Crippen molar-refractivity contribution in [3.05, 3.63) is 41.5 Å².